The van der Waals surface area contributed by atoms with Crippen LogP contribution in [0.3, 0.4) is 0 Å². The number of allylic oxidation sites excluding steroid dienone is 1. The third-order valence-corrected chi connectivity index (χ3v) is 5.54. The van der Waals surface area contributed by atoms with E-state index in [0.717, 1.165) is 37.9 Å². The van der Waals surface area contributed by atoms with Crippen molar-refractivity contribution in [3.63, 3.8) is 0 Å². The third kappa shape index (κ3) is 3.73. The van der Waals surface area contributed by atoms with Gasteiger partial charge in [-0.05, 0) is 57.2 Å². The summed E-state index contributed by atoms with van der Waals surface area (Å²) in [4.78, 5) is 2.51. The van der Waals surface area contributed by atoms with E-state index in [4.69, 9.17) is 16.3 Å². The molecule has 3 rings (SSSR count). The smallest absolute Gasteiger partial charge is 0.165 e. The molecule has 1 aromatic rings. The number of benzene rings is 1. The number of ether oxygens (including phenoxy) is 1. The molecule has 0 aromatic heterocycles. The van der Waals surface area contributed by atoms with E-state index >= 15 is 0 Å². The zero-order valence-corrected chi connectivity index (χ0v) is 16.4. The van der Waals surface area contributed by atoms with Crippen LogP contribution < -0.4 is 4.74 Å². The van der Waals surface area contributed by atoms with Crippen molar-refractivity contribution < 1.29 is 9.84 Å². The Morgan fingerprint density at radius 2 is 2.24 bits per heavy atom. The lowest BCUT2D eigenvalue weighted by Gasteiger charge is -2.42. The second-order valence-corrected chi connectivity index (χ2v) is 8.15. The van der Waals surface area contributed by atoms with E-state index in [9.17, 15) is 5.11 Å². The molecule has 4 heteroatoms. The van der Waals surface area contributed by atoms with Crippen LogP contribution >= 0.6 is 11.6 Å². The van der Waals surface area contributed by atoms with Gasteiger partial charge < -0.3 is 9.84 Å². The monoisotopic (exact) mass is 361 g/mol. The molecule has 2 heterocycles. The maximum absolute atomic E-state index is 10.1. The Bertz CT molecular complexity index is 721. The number of phenols is 1. The number of hydrogen-bond acceptors (Lipinski definition) is 3. The van der Waals surface area contributed by atoms with Crippen molar-refractivity contribution in [3.05, 3.63) is 46.1 Å². The van der Waals surface area contributed by atoms with Crippen molar-refractivity contribution >= 4 is 11.6 Å². The molecule has 0 spiro atoms. The Hall–Kier alpha value is -1.45. The first-order valence-electron chi connectivity index (χ1n) is 9.03. The van der Waals surface area contributed by atoms with Crippen molar-refractivity contribution in [1.82, 2.24) is 4.90 Å². The minimum absolute atomic E-state index is 0.163. The minimum Gasteiger partial charge on any atom is -0.504 e. The van der Waals surface area contributed by atoms with Crippen LogP contribution in [0.2, 0.25) is 0 Å². The lowest BCUT2D eigenvalue weighted by atomic mass is 9.83. The molecule has 0 bridgehead atoms. The minimum atomic E-state index is 0.163. The second-order valence-electron chi connectivity index (χ2n) is 7.41. The van der Waals surface area contributed by atoms with Crippen LogP contribution in [0.15, 0.2) is 34.9 Å². The Kier molecular flexibility index (Phi) is 5.45. The highest BCUT2D eigenvalue weighted by atomic mass is 35.5. The largest absolute Gasteiger partial charge is 0.504 e. The summed E-state index contributed by atoms with van der Waals surface area (Å²) in [5.74, 6) is 0.863. The van der Waals surface area contributed by atoms with E-state index in [2.05, 4.69) is 24.8 Å². The number of halogens is 1. The summed E-state index contributed by atoms with van der Waals surface area (Å²) in [6.07, 6.45) is 5.32. The molecule has 2 atom stereocenters. The first-order chi connectivity index (χ1) is 11.9. The highest BCUT2D eigenvalue weighted by molar-refractivity contribution is 6.20. The molecule has 25 heavy (non-hydrogen) atoms. The number of phenolic OH excluding ortho intramolecular Hbond substituents is 1. The summed E-state index contributed by atoms with van der Waals surface area (Å²) in [6.45, 7) is 8.36. The molecular weight excluding hydrogens is 334 g/mol. The zero-order valence-electron chi connectivity index (χ0n) is 15.6. The van der Waals surface area contributed by atoms with Gasteiger partial charge in [-0.25, -0.2) is 0 Å². The number of alkyl halides is 1. The highest BCUT2D eigenvalue weighted by Crippen LogP contribution is 2.40. The van der Waals surface area contributed by atoms with Crippen LogP contribution in [0, 0.1) is 0 Å². The maximum atomic E-state index is 10.1. The summed E-state index contributed by atoms with van der Waals surface area (Å²) in [5.41, 5.74) is 6.68. The molecule has 0 saturated carbocycles. The lowest BCUT2D eigenvalue weighted by Crippen LogP contribution is -2.44. The van der Waals surface area contributed by atoms with Gasteiger partial charge >= 0.3 is 0 Å². The van der Waals surface area contributed by atoms with Crippen LogP contribution in [-0.2, 0) is 13.0 Å². The first kappa shape index (κ1) is 18.3. The van der Waals surface area contributed by atoms with Gasteiger partial charge in [0.15, 0.2) is 11.5 Å². The molecule has 2 unspecified atom stereocenters. The molecule has 1 aromatic carbocycles. The molecule has 136 valence electrons. The Labute approximate surface area is 155 Å². The Morgan fingerprint density at radius 3 is 2.92 bits per heavy atom. The highest BCUT2D eigenvalue weighted by Gasteiger charge is 2.33. The number of hydrogen-bond donors (Lipinski definition) is 1. The average Bonchev–Trinajstić information content (AvgIpc) is 2.55. The number of fused-ring (bicyclic) bond motifs is 2. The molecule has 1 N–H and O–H groups in total. The van der Waals surface area contributed by atoms with Crippen LogP contribution in [0.4, 0.5) is 0 Å². The van der Waals surface area contributed by atoms with E-state index in [0.29, 0.717) is 11.8 Å². The Balaban J connectivity index is 1.95. The van der Waals surface area contributed by atoms with Crippen LogP contribution in [0.25, 0.3) is 0 Å². The van der Waals surface area contributed by atoms with Gasteiger partial charge in [-0.2, -0.15) is 0 Å². The first-order valence-corrected chi connectivity index (χ1v) is 9.47. The van der Waals surface area contributed by atoms with Crippen molar-refractivity contribution in [2.45, 2.75) is 58.0 Å². The number of rotatable bonds is 4. The lowest BCUT2D eigenvalue weighted by molar-refractivity contribution is 0.183. The summed E-state index contributed by atoms with van der Waals surface area (Å²) in [7, 11) is 1.63. The van der Waals surface area contributed by atoms with E-state index in [1.165, 1.54) is 22.3 Å². The molecule has 0 radical (unpaired) electrons. The maximum Gasteiger partial charge on any atom is 0.165 e. The summed E-state index contributed by atoms with van der Waals surface area (Å²) < 4.78 is 5.46. The van der Waals surface area contributed by atoms with Crippen molar-refractivity contribution in [2.75, 3.05) is 13.7 Å². The molecule has 0 fully saturated rings. The van der Waals surface area contributed by atoms with Crippen LogP contribution in [0.1, 0.15) is 44.7 Å². The van der Waals surface area contributed by atoms with Gasteiger partial charge in [-0.15, -0.1) is 11.6 Å². The van der Waals surface area contributed by atoms with Gasteiger partial charge in [0.05, 0.1) is 7.11 Å². The molecule has 3 nitrogen and oxygen atoms in total. The summed E-state index contributed by atoms with van der Waals surface area (Å²) >= 11 is 6.17. The SMILES string of the molecule is COc1c(O)ccc2c1CN1CCC(C)=C(/C=C(\C)CC(C)Cl)C1C2. The van der Waals surface area contributed by atoms with Gasteiger partial charge in [0.2, 0.25) is 0 Å². The van der Waals surface area contributed by atoms with E-state index in [1.54, 1.807) is 13.2 Å². The zero-order chi connectivity index (χ0) is 18.1. The van der Waals surface area contributed by atoms with Crippen molar-refractivity contribution in [2.24, 2.45) is 0 Å². The molecular formula is C21H28ClNO2. The molecule has 0 saturated heterocycles. The number of nitrogens with zero attached hydrogens (tertiary/aromatic N) is 1. The van der Waals surface area contributed by atoms with E-state index < -0.39 is 0 Å². The van der Waals surface area contributed by atoms with Crippen molar-refractivity contribution in [1.29, 1.82) is 0 Å². The van der Waals surface area contributed by atoms with E-state index in [1.807, 2.05) is 13.0 Å². The number of aromatic hydroxyl groups is 1. The van der Waals surface area contributed by atoms with Gasteiger partial charge in [0, 0.05) is 30.1 Å². The van der Waals surface area contributed by atoms with Crippen molar-refractivity contribution in [3.8, 4) is 11.5 Å². The van der Waals surface area contributed by atoms with Gasteiger partial charge in [0.25, 0.3) is 0 Å². The van der Waals surface area contributed by atoms with Gasteiger partial charge in [-0.3, -0.25) is 4.90 Å². The standard InChI is InChI=1S/C21H28ClNO2/c1-13(9-15(3)22)10-17-14(2)7-8-23-12-18-16(11-19(17)23)5-6-20(24)21(18)25-4/h5-6,10,15,19,24H,7-9,11-12H2,1-4H3/b13-10+. The molecule has 2 aliphatic heterocycles. The van der Waals surface area contributed by atoms with E-state index in [-0.39, 0.29) is 11.1 Å². The van der Waals surface area contributed by atoms with Gasteiger partial charge in [0.1, 0.15) is 0 Å². The molecule has 2 aliphatic rings. The topological polar surface area (TPSA) is 32.7 Å². The normalized spacial score (nSPS) is 22.4. The summed E-state index contributed by atoms with van der Waals surface area (Å²) in [5, 5.41) is 10.2. The summed E-state index contributed by atoms with van der Waals surface area (Å²) in [6, 6.07) is 4.20. The predicted octanol–water partition coefficient (Wildman–Crippen LogP) is 4.81. The fraction of sp³-hybridized carbons (Fsp3) is 0.524. The fourth-order valence-corrected chi connectivity index (χ4v) is 4.41. The average molecular weight is 362 g/mol. The predicted molar refractivity (Wildman–Crippen MR) is 104 cm³/mol. The third-order valence-electron chi connectivity index (χ3n) is 5.39. The Morgan fingerprint density at radius 1 is 1.48 bits per heavy atom. The molecule has 0 amide bonds. The molecule has 0 aliphatic carbocycles. The second kappa shape index (κ2) is 7.43. The van der Waals surface area contributed by atoms with Gasteiger partial charge in [-0.1, -0.05) is 23.3 Å². The van der Waals surface area contributed by atoms with Crippen LogP contribution in [0.5, 0.6) is 11.5 Å². The van der Waals surface area contributed by atoms with Crippen LogP contribution in [-0.4, -0.2) is 35.1 Å². The fourth-order valence-electron chi connectivity index (χ4n) is 4.17. The number of methoxy groups -OCH3 is 1. The quantitative estimate of drug-likeness (QED) is 0.781.